The van der Waals surface area contributed by atoms with Crippen molar-refractivity contribution in [2.24, 2.45) is 18.9 Å². The standard InChI is InChI=1S/C20H26N4O2/c1-14(2)11-18(25)16-5-4-10-24(13-16)20-22-17(12-19(26)23(20)3)15-6-8-21-9-7-15/h6-9,12,14,16H,4-5,10-11,13H2,1-3H3. The van der Waals surface area contributed by atoms with Gasteiger partial charge in [-0.15, -0.1) is 0 Å². The van der Waals surface area contributed by atoms with Crippen molar-refractivity contribution in [2.45, 2.75) is 33.1 Å². The molecule has 1 aliphatic rings. The first kappa shape index (κ1) is 18.3. The van der Waals surface area contributed by atoms with E-state index < -0.39 is 0 Å². The largest absolute Gasteiger partial charge is 0.341 e. The summed E-state index contributed by atoms with van der Waals surface area (Å²) in [6.45, 7) is 5.58. The number of pyridine rings is 1. The molecule has 1 atom stereocenters. The van der Waals surface area contributed by atoms with E-state index in [1.807, 2.05) is 12.1 Å². The minimum Gasteiger partial charge on any atom is -0.341 e. The van der Waals surface area contributed by atoms with E-state index in [0.717, 1.165) is 24.9 Å². The van der Waals surface area contributed by atoms with Gasteiger partial charge in [-0.25, -0.2) is 4.98 Å². The van der Waals surface area contributed by atoms with Crippen LogP contribution in [-0.4, -0.2) is 33.4 Å². The van der Waals surface area contributed by atoms with Gasteiger partial charge in [-0.05, 0) is 30.9 Å². The average molecular weight is 354 g/mol. The number of hydrogen-bond donors (Lipinski definition) is 0. The number of rotatable bonds is 5. The third kappa shape index (κ3) is 4.00. The summed E-state index contributed by atoms with van der Waals surface area (Å²) >= 11 is 0. The number of ketones is 1. The van der Waals surface area contributed by atoms with Gasteiger partial charge in [0.15, 0.2) is 0 Å². The quantitative estimate of drug-likeness (QED) is 0.826. The van der Waals surface area contributed by atoms with Gasteiger partial charge in [-0.3, -0.25) is 19.1 Å². The van der Waals surface area contributed by atoms with Crippen molar-refractivity contribution in [3.63, 3.8) is 0 Å². The molecule has 0 radical (unpaired) electrons. The van der Waals surface area contributed by atoms with Crippen LogP contribution >= 0.6 is 0 Å². The molecule has 0 N–H and O–H groups in total. The second-order valence-corrected chi connectivity index (χ2v) is 7.42. The van der Waals surface area contributed by atoms with Crippen LogP contribution in [0.25, 0.3) is 11.3 Å². The molecular formula is C20H26N4O2. The van der Waals surface area contributed by atoms with Crippen molar-refractivity contribution in [3.8, 4) is 11.3 Å². The fourth-order valence-electron chi connectivity index (χ4n) is 3.47. The van der Waals surface area contributed by atoms with Crippen LogP contribution in [0.15, 0.2) is 35.4 Å². The SMILES string of the molecule is CC(C)CC(=O)C1CCCN(c2nc(-c3ccncc3)cc(=O)n2C)C1. The highest BCUT2D eigenvalue weighted by Gasteiger charge is 2.28. The highest BCUT2D eigenvalue weighted by Crippen LogP contribution is 2.25. The molecule has 2 aromatic rings. The smallest absolute Gasteiger partial charge is 0.255 e. The van der Waals surface area contributed by atoms with Crippen LogP contribution in [0, 0.1) is 11.8 Å². The van der Waals surface area contributed by atoms with Gasteiger partial charge in [-0.1, -0.05) is 13.8 Å². The topological polar surface area (TPSA) is 68.1 Å². The lowest BCUT2D eigenvalue weighted by Gasteiger charge is -2.34. The first-order chi connectivity index (χ1) is 12.5. The Kier molecular flexibility index (Phi) is 5.49. The number of hydrogen-bond acceptors (Lipinski definition) is 5. The van der Waals surface area contributed by atoms with Gasteiger partial charge in [-0.2, -0.15) is 0 Å². The van der Waals surface area contributed by atoms with E-state index in [9.17, 15) is 9.59 Å². The second-order valence-electron chi connectivity index (χ2n) is 7.42. The Morgan fingerprint density at radius 1 is 1.31 bits per heavy atom. The summed E-state index contributed by atoms with van der Waals surface area (Å²) in [5.41, 5.74) is 1.40. The number of piperidine rings is 1. The summed E-state index contributed by atoms with van der Waals surface area (Å²) in [5, 5.41) is 0. The van der Waals surface area contributed by atoms with E-state index in [0.29, 0.717) is 36.3 Å². The zero-order valence-electron chi connectivity index (χ0n) is 15.7. The lowest BCUT2D eigenvalue weighted by molar-refractivity contribution is -0.123. The van der Waals surface area contributed by atoms with Gasteiger partial charge in [0.05, 0.1) is 5.69 Å². The Bertz CT molecular complexity index is 829. The van der Waals surface area contributed by atoms with Crippen molar-refractivity contribution in [1.29, 1.82) is 0 Å². The van der Waals surface area contributed by atoms with E-state index >= 15 is 0 Å². The van der Waals surface area contributed by atoms with Crippen LogP contribution in [-0.2, 0) is 11.8 Å². The maximum atomic E-state index is 12.5. The van der Waals surface area contributed by atoms with Gasteiger partial charge in [0.25, 0.3) is 5.56 Å². The molecule has 0 aliphatic carbocycles. The van der Waals surface area contributed by atoms with E-state index in [2.05, 4.69) is 23.7 Å². The summed E-state index contributed by atoms with van der Waals surface area (Å²) in [6, 6.07) is 5.23. The molecule has 6 nitrogen and oxygen atoms in total. The van der Waals surface area contributed by atoms with E-state index in [1.54, 1.807) is 30.1 Å². The Morgan fingerprint density at radius 3 is 2.73 bits per heavy atom. The van der Waals surface area contributed by atoms with E-state index in [1.165, 1.54) is 0 Å². The van der Waals surface area contributed by atoms with Crippen molar-refractivity contribution in [2.75, 3.05) is 18.0 Å². The Labute approximate surface area is 153 Å². The van der Waals surface area contributed by atoms with Gasteiger partial charge in [0.1, 0.15) is 5.78 Å². The van der Waals surface area contributed by atoms with Crippen molar-refractivity contribution >= 4 is 11.7 Å². The predicted molar refractivity (Wildman–Crippen MR) is 102 cm³/mol. The molecule has 26 heavy (non-hydrogen) atoms. The predicted octanol–water partition coefficient (Wildman–Crippen LogP) is 2.67. The molecule has 0 bridgehead atoms. The Balaban J connectivity index is 1.89. The molecule has 0 amide bonds. The van der Waals surface area contributed by atoms with Crippen LogP contribution in [0.3, 0.4) is 0 Å². The maximum absolute atomic E-state index is 12.5. The van der Waals surface area contributed by atoms with Crippen molar-refractivity contribution in [3.05, 3.63) is 40.9 Å². The van der Waals surface area contributed by atoms with E-state index in [4.69, 9.17) is 4.98 Å². The fraction of sp³-hybridized carbons (Fsp3) is 0.500. The fourth-order valence-corrected chi connectivity index (χ4v) is 3.47. The molecule has 2 aromatic heterocycles. The van der Waals surface area contributed by atoms with Gasteiger partial charge < -0.3 is 4.90 Å². The average Bonchev–Trinajstić information content (AvgIpc) is 2.64. The molecule has 0 spiro atoms. The summed E-state index contributed by atoms with van der Waals surface area (Å²) in [5.74, 6) is 1.34. The zero-order chi connectivity index (χ0) is 18.7. The van der Waals surface area contributed by atoms with Gasteiger partial charge in [0.2, 0.25) is 5.95 Å². The first-order valence-electron chi connectivity index (χ1n) is 9.22. The number of nitrogens with zero attached hydrogens (tertiary/aromatic N) is 4. The molecule has 0 aromatic carbocycles. The monoisotopic (exact) mass is 354 g/mol. The highest BCUT2D eigenvalue weighted by molar-refractivity contribution is 5.82. The molecule has 6 heteroatoms. The molecule has 1 fully saturated rings. The lowest BCUT2D eigenvalue weighted by atomic mass is 9.89. The van der Waals surface area contributed by atoms with Crippen LogP contribution in [0.4, 0.5) is 5.95 Å². The number of carbonyl (C=O) groups excluding carboxylic acids is 1. The van der Waals surface area contributed by atoms with Crippen LogP contribution < -0.4 is 10.5 Å². The van der Waals surface area contributed by atoms with Gasteiger partial charge in [0, 0.05) is 56.5 Å². The molecule has 138 valence electrons. The molecule has 3 heterocycles. The number of aromatic nitrogens is 3. The number of Topliss-reactive ketones (excluding diaryl/α,β-unsaturated/α-hetero) is 1. The highest BCUT2D eigenvalue weighted by atomic mass is 16.1. The molecule has 1 saturated heterocycles. The normalized spacial score (nSPS) is 17.5. The van der Waals surface area contributed by atoms with Crippen molar-refractivity contribution < 1.29 is 4.79 Å². The van der Waals surface area contributed by atoms with Crippen LogP contribution in [0.5, 0.6) is 0 Å². The second kappa shape index (κ2) is 7.81. The first-order valence-corrected chi connectivity index (χ1v) is 9.22. The third-order valence-corrected chi connectivity index (χ3v) is 4.86. The number of carbonyl (C=O) groups is 1. The van der Waals surface area contributed by atoms with Crippen LogP contribution in [0.2, 0.25) is 0 Å². The zero-order valence-corrected chi connectivity index (χ0v) is 15.7. The number of anilines is 1. The van der Waals surface area contributed by atoms with E-state index in [-0.39, 0.29) is 11.5 Å². The maximum Gasteiger partial charge on any atom is 0.255 e. The molecular weight excluding hydrogens is 328 g/mol. The Morgan fingerprint density at radius 2 is 2.04 bits per heavy atom. The third-order valence-electron chi connectivity index (χ3n) is 4.86. The molecule has 1 unspecified atom stereocenters. The lowest BCUT2D eigenvalue weighted by Crippen LogP contribution is -2.42. The summed E-state index contributed by atoms with van der Waals surface area (Å²) in [7, 11) is 1.74. The van der Waals surface area contributed by atoms with Crippen molar-refractivity contribution in [1.82, 2.24) is 14.5 Å². The summed E-state index contributed by atoms with van der Waals surface area (Å²) in [4.78, 5) is 35.8. The molecule has 3 rings (SSSR count). The summed E-state index contributed by atoms with van der Waals surface area (Å²) in [6.07, 6.45) is 5.84. The molecule has 0 saturated carbocycles. The minimum absolute atomic E-state index is 0.0210. The van der Waals surface area contributed by atoms with Gasteiger partial charge >= 0.3 is 0 Å². The molecule has 1 aliphatic heterocycles. The Hall–Kier alpha value is -2.50. The minimum atomic E-state index is -0.0996. The van der Waals surface area contributed by atoms with Crippen LogP contribution in [0.1, 0.15) is 33.1 Å². The summed E-state index contributed by atoms with van der Waals surface area (Å²) < 4.78 is 1.57.